The van der Waals surface area contributed by atoms with Gasteiger partial charge in [0.2, 0.25) is 5.91 Å². The number of rotatable bonds is 9. The van der Waals surface area contributed by atoms with Crippen molar-refractivity contribution in [2.24, 2.45) is 5.92 Å². The minimum absolute atomic E-state index is 0.0107. The fourth-order valence-electron chi connectivity index (χ4n) is 4.65. The lowest BCUT2D eigenvalue weighted by Crippen LogP contribution is -2.50. The van der Waals surface area contributed by atoms with Crippen LogP contribution in [0.4, 0.5) is 19.0 Å². The van der Waals surface area contributed by atoms with Crippen molar-refractivity contribution in [2.75, 3.05) is 25.5 Å². The van der Waals surface area contributed by atoms with E-state index in [1.54, 1.807) is 6.07 Å². The first-order valence-electron chi connectivity index (χ1n) is 12.2. The van der Waals surface area contributed by atoms with Gasteiger partial charge in [-0.1, -0.05) is 25.8 Å². The molecule has 0 atom stereocenters. The zero-order valence-electron chi connectivity index (χ0n) is 20.2. The first-order valence-corrected chi connectivity index (χ1v) is 12.2. The van der Waals surface area contributed by atoms with Gasteiger partial charge in [-0.15, -0.1) is 0 Å². The van der Waals surface area contributed by atoms with E-state index in [1.165, 1.54) is 6.08 Å². The molecule has 3 fully saturated rings. The van der Waals surface area contributed by atoms with Gasteiger partial charge >= 0.3 is 6.18 Å². The predicted molar refractivity (Wildman–Crippen MR) is 133 cm³/mol. The normalized spacial score (nSPS) is 23.2. The number of amides is 1. The van der Waals surface area contributed by atoms with Crippen LogP contribution in [0.3, 0.4) is 0 Å². The second kappa shape index (κ2) is 10.0. The van der Waals surface area contributed by atoms with Gasteiger partial charge in [0.25, 0.3) is 0 Å². The molecule has 0 spiro atoms. The Hall–Kier alpha value is -2.81. The molecule has 2 aliphatic carbocycles. The van der Waals surface area contributed by atoms with E-state index in [0.717, 1.165) is 38.8 Å². The number of anilines is 1. The van der Waals surface area contributed by atoms with E-state index in [-0.39, 0.29) is 41.2 Å². The van der Waals surface area contributed by atoms with E-state index in [4.69, 9.17) is 0 Å². The standard InChI is InChI=1S/C26H34F3N5O/c1-5-21-22(16(3)30-18-8-10-34(4)11-9-18)14-23(33-24(21)15(2)26(27,28)29)31-19-12-20(13-19)32-25(35)17-6-7-17/h5,14,17-20,30H,1-3,6-13H2,4H3,(H,31,33)(H,32,35). The van der Waals surface area contributed by atoms with E-state index in [2.05, 4.69) is 52.6 Å². The molecular weight excluding hydrogens is 455 g/mol. The highest BCUT2D eigenvalue weighted by molar-refractivity contribution is 5.83. The van der Waals surface area contributed by atoms with Gasteiger partial charge in [-0.3, -0.25) is 4.79 Å². The molecule has 0 bridgehead atoms. The Morgan fingerprint density at radius 1 is 1.09 bits per heavy atom. The molecule has 4 rings (SSSR count). The third-order valence-corrected chi connectivity index (χ3v) is 7.10. The van der Waals surface area contributed by atoms with Gasteiger partial charge in [-0.25, -0.2) is 4.98 Å². The first-order chi connectivity index (χ1) is 16.5. The maximum absolute atomic E-state index is 13.6. The van der Waals surface area contributed by atoms with Gasteiger partial charge < -0.3 is 20.9 Å². The highest BCUT2D eigenvalue weighted by Gasteiger charge is 2.38. The smallest absolute Gasteiger partial charge is 0.382 e. The largest absolute Gasteiger partial charge is 0.417 e. The molecular formula is C26H34F3N5O. The molecule has 190 valence electrons. The number of nitrogens with zero attached hydrogens (tertiary/aromatic N) is 2. The van der Waals surface area contributed by atoms with Crippen LogP contribution in [-0.4, -0.2) is 60.2 Å². The number of hydrogen-bond acceptors (Lipinski definition) is 5. The third kappa shape index (κ3) is 6.07. The van der Waals surface area contributed by atoms with Crippen LogP contribution in [0.25, 0.3) is 17.3 Å². The van der Waals surface area contributed by atoms with E-state index < -0.39 is 11.7 Å². The molecule has 2 saturated carbocycles. The highest BCUT2D eigenvalue weighted by atomic mass is 19.4. The van der Waals surface area contributed by atoms with Gasteiger partial charge in [-0.2, -0.15) is 13.2 Å². The molecule has 1 amide bonds. The summed E-state index contributed by atoms with van der Waals surface area (Å²) < 4.78 is 40.9. The molecule has 1 aromatic heterocycles. The van der Waals surface area contributed by atoms with Crippen LogP contribution >= 0.6 is 0 Å². The quantitative estimate of drug-likeness (QED) is 0.479. The number of carbonyl (C=O) groups excluding carboxylic acids is 1. The lowest BCUT2D eigenvalue weighted by atomic mass is 9.86. The first kappa shape index (κ1) is 25.3. The summed E-state index contributed by atoms with van der Waals surface area (Å²) in [5.41, 5.74) is 0.0462. The Balaban J connectivity index is 1.53. The molecule has 0 radical (unpaired) electrons. The van der Waals surface area contributed by atoms with E-state index >= 15 is 0 Å². The summed E-state index contributed by atoms with van der Waals surface area (Å²) in [4.78, 5) is 18.5. The maximum Gasteiger partial charge on any atom is 0.417 e. The second-order valence-electron chi connectivity index (χ2n) is 9.99. The minimum atomic E-state index is -4.63. The lowest BCUT2D eigenvalue weighted by molar-refractivity contribution is -0.123. The van der Waals surface area contributed by atoms with Crippen LogP contribution in [-0.2, 0) is 4.79 Å². The number of likely N-dealkylation sites (tertiary alicyclic amines) is 1. The number of carbonyl (C=O) groups is 1. The number of aromatic nitrogens is 1. The number of hydrogen-bond donors (Lipinski definition) is 3. The Bertz CT molecular complexity index is 1000. The summed E-state index contributed by atoms with van der Waals surface area (Å²) in [7, 11) is 2.07. The zero-order valence-corrected chi connectivity index (χ0v) is 20.2. The molecule has 1 saturated heterocycles. The van der Waals surface area contributed by atoms with Crippen LogP contribution in [0.15, 0.2) is 25.8 Å². The van der Waals surface area contributed by atoms with Crippen molar-refractivity contribution in [1.29, 1.82) is 0 Å². The number of pyridine rings is 1. The maximum atomic E-state index is 13.6. The monoisotopic (exact) mass is 489 g/mol. The molecule has 1 aromatic rings. The van der Waals surface area contributed by atoms with Crippen LogP contribution in [0.2, 0.25) is 0 Å². The Morgan fingerprint density at radius 2 is 1.74 bits per heavy atom. The Kier molecular flexibility index (Phi) is 7.26. The van der Waals surface area contributed by atoms with Crippen molar-refractivity contribution in [3.63, 3.8) is 0 Å². The van der Waals surface area contributed by atoms with Crippen LogP contribution in [0.5, 0.6) is 0 Å². The van der Waals surface area contributed by atoms with Crippen LogP contribution in [0, 0.1) is 5.92 Å². The Labute approximate surface area is 204 Å². The fraction of sp³-hybridized carbons (Fsp3) is 0.538. The molecule has 2 heterocycles. The molecule has 35 heavy (non-hydrogen) atoms. The molecule has 3 N–H and O–H groups in total. The molecule has 0 unspecified atom stereocenters. The van der Waals surface area contributed by atoms with Crippen molar-refractivity contribution in [1.82, 2.24) is 20.5 Å². The summed E-state index contributed by atoms with van der Waals surface area (Å²) in [5.74, 6) is 0.579. The van der Waals surface area contributed by atoms with E-state index in [9.17, 15) is 18.0 Å². The number of alkyl halides is 3. The van der Waals surface area contributed by atoms with Gasteiger partial charge in [0.05, 0.1) is 11.3 Å². The lowest BCUT2D eigenvalue weighted by Gasteiger charge is -2.37. The van der Waals surface area contributed by atoms with Crippen molar-refractivity contribution in [2.45, 2.75) is 62.8 Å². The molecule has 0 aromatic carbocycles. The van der Waals surface area contributed by atoms with Crippen LogP contribution in [0.1, 0.15) is 55.3 Å². The minimum Gasteiger partial charge on any atom is -0.382 e. The number of halogens is 3. The Morgan fingerprint density at radius 3 is 2.31 bits per heavy atom. The van der Waals surface area contributed by atoms with Crippen molar-refractivity contribution in [3.8, 4) is 0 Å². The molecule has 1 aliphatic heterocycles. The van der Waals surface area contributed by atoms with Gasteiger partial charge in [0, 0.05) is 40.9 Å². The molecule has 6 nitrogen and oxygen atoms in total. The number of piperidine rings is 1. The number of nitrogens with one attached hydrogen (secondary N) is 3. The molecule has 3 aliphatic rings. The summed E-state index contributed by atoms with van der Waals surface area (Å²) >= 11 is 0. The number of allylic oxidation sites excluding steroid dienone is 1. The van der Waals surface area contributed by atoms with Crippen molar-refractivity contribution >= 4 is 29.1 Å². The third-order valence-electron chi connectivity index (χ3n) is 7.10. The average Bonchev–Trinajstić information content (AvgIpc) is 3.63. The summed E-state index contributed by atoms with van der Waals surface area (Å²) in [5, 5.41) is 9.69. The van der Waals surface area contributed by atoms with E-state index in [1.807, 2.05) is 0 Å². The summed E-state index contributed by atoms with van der Waals surface area (Å²) in [6, 6.07) is 2.01. The molecule has 9 heteroatoms. The van der Waals surface area contributed by atoms with E-state index in [0.29, 0.717) is 29.9 Å². The van der Waals surface area contributed by atoms with Crippen molar-refractivity contribution < 1.29 is 18.0 Å². The summed E-state index contributed by atoms with van der Waals surface area (Å²) in [6.45, 7) is 13.1. The van der Waals surface area contributed by atoms with Crippen LogP contribution < -0.4 is 16.0 Å². The van der Waals surface area contributed by atoms with Gasteiger partial charge in [0.1, 0.15) is 5.82 Å². The van der Waals surface area contributed by atoms with Crippen molar-refractivity contribution in [3.05, 3.63) is 42.6 Å². The average molecular weight is 490 g/mol. The zero-order chi connectivity index (χ0) is 25.3. The second-order valence-corrected chi connectivity index (χ2v) is 9.99. The topological polar surface area (TPSA) is 69.3 Å². The summed E-state index contributed by atoms with van der Waals surface area (Å²) in [6.07, 6.45) is 1.89. The van der Waals surface area contributed by atoms with Gasteiger partial charge in [-0.05, 0) is 64.7 Å². The van der Waals surface area contributed by atoms with Gasteiger partial charge in [0.15, 0.2) is 0 Å². The fourth-order valence-corrected chi connectivity index (χ4v) is 4.65. The highest BCUT2D eigenvalue weighted by Crippen LogP contribution is 2.37. The predicted octanol–water partition coefficient (Wildman–Crippen LogP) is 4.42. The SMILES string of the molecule is C=Cc1c(C(=C)NC2CCN(C)CC2)cc(NC2CC(NC(=O)C3CC3)C2)nc1C(=C)C(F)(F)F.